The van der Waals surface area contributed by atoms with Crippen LogP contribution in [0.2, 0.25) is 0 Å². The Morgan fingerprint density at radius 3 is 2.83 bits per heavy atom. The van der Waals surface area contributed by atoms with E-state index in [9.17, 15) is 9.18 Å². The van der Waals surface area contributed by atoms with Crippen molar-refractivity contribution in [2.24, 2.45) is 0 Å². The van der Waals surface area contributed by atoms with E-state index in [-0.39, 0.29) is 23.8 Å². The van der Waals surface area contributed by atoms with Gasteiger partial charge in [-0.1, -0.05) is 0 Å². The number of pyridine rings is 1. The van der Waals surface area contributed by atoms with Gasteiger partial charge in [-0.3, -0.25) is 14.5 Å². The third kappa shape index (κ3) is 2.80. The van der Waals surface area contributed by atoms with Gasteiger partial charge in [-0.25, -0.2) is 4.39 Å². The second-order valence-corrected chi connectivity index (χ2v) is 4.37. The van der Waals surface area contributed by atoms with Gasteiger partial charge < -0.3 is 0 Å². The normalized spacial score (nSPS) is 10.9. The van der Waals surface area contributed by atoms with Crippen LogP contribution in [0.4, 0.5) is 4.39 Å². The highest BCUT2D eigenvalue weighted by molar-refractivity contribution is 5.96. The maximum Gasteiger partial charge on any atom is 0.170 e. The second-order valence-electron chi connectivity index (χ2n) is 4.37. The fourth-order valence-electron chi connectivity index (χ4n) is 1.59. The molecule has 2 rings (SSSR count). The molecule has 0 aromatic carbocycles. The minimum atomic E-state index is -0.506. The number of hydrogen-bond donors (Lipinski definition) is 0. The lowest BCUT2D eigenvalue weighted by atomic mass is 10.1. The monoisotopic (exact) mass is 247 g/mol. The van der Waals surface area contributed by atoms with E-state index >= 15 is 0 Å². The van der Waals surface area contributed by atoms with E-state index in [1.807, 2.05) is 20.0 Å². The smallest absolute Gasteiger partial charge is 0.170 e. The largest absolute Gasteiger partial charge is 0.294 e. The first-order valence-electron chi connectivity index (χ1n) is 5.74. The summed E-state index contributed by atoms with van der Waals surface area (Å²) in [5, 5.41) is 4.28. The van der Waals surface area contributed by atoms with Gasteiger partial charge in [0.25, 0.3) is 0 Å². The molecule has 18 heavy (non-hydrogen) atoms. The van der Waals surface area contributed by atoms with Gasteiger partial charge >= 0.3 is 0 Å². The van der Waals surface area contributed by atoms with Crippen LogP contribution in [0.5, 0.6) is 0 Å². The second kappa shape index (κ2) is 5.08. The van der Waals surface area contributed by atoms with Crippen LogP contribution in [-0.2, 0) is 6.42 Å². The number of halogens is 1. The van der Waals surface area contributed by atoms with Crippen LogP contribution < -0.4 is 0 Å². The lowest BCUT2D eigenvalue weighted by Crippen LogP contribution is -2.07. The van der Waals surface area contributed by atoms with Crippen LogP contribution in [0.15, 0.2) is 30.7 Å². The Kier molecular flexibility index (Phi) is 3.50. The van der Waals surface area contributed by atoms with E-state index in [0.717, 1.165) is 6.20 Å². The highest BCUT2D eigenvalue weighted by Gasteiger charge is 2.11. The SMILES string of the molecule is CC(C)n1ccc(CC(=O)c2cncc(F)c2)n1. The molecule has 0 unspecified atom stereocenters. The molecule has 2 aromatic rings. The van der Waals surface area contributed by atoms with Crippen molar-refractivity contribution in [3.05, 3.63) is 47.8 Å². The standard InChI is InChI=1S/C13H14FN3O/c1-9(2)17-4-3-12(16-17)6-13(18)10-5-11(14)8-15-7-10/h3-5,7-9H,6H2,1-2H3. The lowest BCUT2D eigenvalue weighted by Gasteiger charge is -2.03. The first kappa shape index (κ1) is 12.4. The Bertz CT molecular complexity index is 563. The van der Waals surface area contributed by atoms with Gasteiger partial charge in [-0.15, -0.1) is 0 Å². The molecule has 2 heterocycles. The molecule has 0 N–H and O–H groups in total. The van der Waals surface area contributed by atoms with E-state index in [1.54, 1.807) is 10.7 Å². The number of hydrogen-bond acceptors (Lipinski definition) is 3. The number of rotatable bonds is 4. The third-order valence-corrected chi connectivity index (χ3v) is 2.56. The number of carbonyl (C=O) groups excluding carboxylic acids is 1. The average Bonchev–Trinajstić information content (AvgIpc) is 2.77. The molecular formula is C13H14FN3O. The van der Waals surface area contributed by atoms with E-state index in [2.05, 4.69) is 10.1 Å². The van der Waals surface area contributed by atoms with Crippen molar-refractivity contribution in [3.63, 3.8) is 0 Å². The predicted molar refractivity (Wildman–Crippen MR) is 64.8 cm³/mol. The van der Waals surface area contributed by atoms with Gasteiger partial charge in [-0.2, -0.15) is 5.10 Å². The van der Waals surface area contributed by atoms with Crippen molar-refractivity contribution < 1.29 is 9.18 Å². The minimum Gasteiger partial charge on any atom is -0.294 e. The molecule has 0 aliphatic carbocycles. The number of nitrogens with zero attached hydrogens (tertiary/aromatic N) is 3. The molecule has 0 fully saturated rings. The molecule has 0 saturated heterocycles. The van der Waals surface area contributed by atoms with E-state index < -0.39 is 5.82 Å². The third-order valence-electron chi connectivity index (χ3n) is 2.56. The highest BCUT2D eigenvalue weighted by Crippen LogP contribution is 2.09. The molecule has 0 aliphatic rings. The van der Waals surface area contributed by atoms with Crippen LogP contribution in [-0.4, -0.2) is 20.5 Å². The molecule has 0 spiro atoms. The predicted octanol–water partition coefficient (Wildman–Crippen LogP) is 2.42. The number of Topliss-reactive ketones (excluding diaryl/α,β-unsaturated/α-hetero) is 1. The average molecular weight is 247 g/mol. The van der Waals surface area contributed by atoms with Gasteiger partial charge in [0.2, 0.25) is 0 Å². The number of carbonyl (C=O) groups is 1. The molecule has 94 valence electrons. The zero-order valence-corrected chi connectivity index (χ0v) is 10.3. The molecule has 0 atom stereocenters. The first-order valence-corrected chi connectivity index (χ1v) is 5.74. The Morgan fingerprint density at radius 2 is 2.22 bits per heavy atom. The fraction of sp³-hybridized carbons (Fsp3) is 0.308. The van der Waals surface area contributed by atoms with Gasteiger partial charge in [0.15, 0.2) is 5.78 Å². The summed E-state index contributed by atoms with van der Waals surface area (Å²) in [7, 11) is 0. The summed E-state index contributed by atoms with van der Waals surface area (Å²) in [6.45, 7) is 4.02. The maximum atomic E-state index is 12.9. The van der Waals surface area contributed by atoms with Gasteiger partial charge in [-0.05, 0) is 26.0 Å². The van der Waals surface area contributed by atoms with Crippen molar-refractivity contribution in [2.45, 2.75) is 26.3 Å². The molecule has 0 amide bonds. The van der Waals surface area contributed by atoms with Gasteiger partial charge in [0.1, 0.15) is 5.82 Å². The summed E-state index contributed by atoms with van der Waals surface area (Å²) in [5.74, 6) is -0.690. The minimum absolute atomic E-state index is 0.158. The quantitative estimate of drug-likeness (QED) is 0.779. The van der Waals surface area contributed by atoms with Crippen molar-refractivity contribution >= 4 is 5.78 Å². The first-order chi connectivity index (χ1) is 8.56. The summed E-state index contributed by atoms with van der Waals surface area (Å²) in [6, 6.07) is 3.24. The van der Waals surface area contributed by atoms with E-state index in [0.29, 0.717) is 5.69 Å². The summed E-state index contributed by atoms with van der Waals surface area (Å²) < 4.78 is 14.7. The summed E-state index contributed by atoms with van der Waals surface area (Å²) >= 11 is 0. The van der Waals surface area contributed by atoms with Crippen LogP contribution in [0.3, 0.4) is 0 Å². The van der Waals surface area contributed by atoms with Crippen molar-refractivity contribution in [3.8, 4) is 0 Å². The van der Waals surface area contributed by atoms with Crippen LogP contribution >= 0.6 is 0 Å². The lowest BCUT2D eigenvalue weighted by molar-refractivity contribution is 0.0991. The Hall–Kier alpha value is -2.04. The molecule has 5 heteroatoms. The molecule has 0 saturated carbocycles. The fourth-order valence-corrected chi connectivity index (χ4v) is 1.59. The van der Waals surface area contributed by atoms with Crippen molar-refractivity contribution in [2.75, 3.05) is 0 Å². The highest BCUT2D eigenvalue weighted by atomic mass is 19.1. The molecule has 0 aliphatic heterocycles. The Morgan fingerprint density at radius 1 is 1.44 bits per heavy atom. The van der Waals surface area contributed by atoms with E-state index in [1.165, 1.54) is 12.3 Å². The van der Waals surface area contributed by atoms with Crippen molar-refractivity contribution in [1.82, 2.24) is 14.8 Å². The van der Waals surface area contributed by atoms with Crippen molar-refractivity contribution in [1.29, 1.82) is 0 Å². The summed E-state index contributed by atoms with van der Waals surface area (Å²) in [4.78, 5) is 15.5. The van der Waals surface area contributed by atoms with Crippen LogP contribution in [0.25, 0.3) is 0 Å². The topological polar surface area (TPSA) is 47.8 Å². The molecule has 0 radical (unpaired) electrons. The van der Waals surface area contributed by atoms with Gasteiger partial charge in [0, 0.05) is 24.0 Å². The van der Waals surface area contributed by atoms with E-state index in [4.69, 9.17) is 0 Å². The van der Waals surface area contributed by atoms with Crippen LogP contribution in [0, 0.1) is 5.82 Å². The zero-order valence-electron chi connectivity index (χ0n) is 10.3. The molecule has 2 aromatic heterocycles. The van der Waals surface area contributed by atoms with Crippen LogP contribution in [0.1, 0.15) is 35.9 Å². The molecule has 0 bridgehead atoms. The van der Waals surface area contributed by atoms with Gasteiger partial charge in [0.05, 0.1) is 18.3 Å². The Balaban J connectivity index is 2.11. The Labute approximate surface area is 104 Å². The summed E-state index contributed by atoms with van der Waals surface area (Å²) in [6.07, 6.45) is 4.43. The summed E-state index contributed by atoms with van der Waals surface area (Å²) in [5.41, 5.74) is 0.951. The maximum absolute atomic E-state index is 12.9. The number of ketones is 1. The number of aromatic nitrogens is 3. The zero-order chi connectivity index (χ0) is 13.1. The molecule has 4 nitrogen and oxygen atoms in total. The molecular weight excluding hydrogens is 233 g/mol.